The van der Waals surface area contributed by atoms with Crippen molar-refractivity contribution < 1.29 is 9.18 Å². The molecule has 6 heteroatoms. The van der Waals surface area contributed by atoms with Crippen LogP contribution < -0.4 is 5.73 Å². The van der Waals surface area contributed by atoms with E-state index in [9.17, 15) is 9.18 Å². The van der Waals surface area contributed by atoms with Gasteiger partial charge in [0.05, 0.1) is 24.0 Å². The lowest BCUT2D eigenvalue weighted by molar-refractivity contribution is -0.117. The second-order valence-corrected chi connectivity index (χ2v) is 10.3. The van der Waals surface area contributed by atoms with Gasteiger partial charge in [-0.05, 0) is 97.0 Å². The minimum atomic E-state index is -0.352. The van der Waals surface area contributed by atoms with E-state index in [0.29, 0.717) is 10.4 Å². The summed E-state index contributed by atoms with van der Waals surface area (Å²) in [4.78, 5) is 11.6. The number of fused-ring (bicyclic) bond motifs is 1. The molecule has 1 spiro atoms. The molecular weight excluding hydrogens is 437 g/mol. The van der Waals surface area contributed by atoms with E-state index in [0.717, 1.165) is 48.2 Å². The summed E-state index contributed by atoms with van der Waals surface area (Å²) in [6.07, 6.45) is 11.0. The molecule has 2 fully saturated rings. The van der Waals surface area contributed by atoms with E-state index in [1.807, 2.05) is 23.0 Å². The Morgan fingerprint density at radius 2 is 2.03 bits per heavy atom. The van der Waals surface area contributed by atoms with Gasteiger partial charge >= 0.3 is 0 Å². The molecule has 0 saturated heterocycles. The van der Waals surface area contributed by atoms with Crippen LogP contribution in [0.2, 0.25) is 5.02 Å². The fourth-order valence-corrected chi connectivity index (χ4v) is 6.76. The average Bonchev–Trinajstić information content (AvgIpc) is 3.07. The predicted molar refractivity (Wildman–Crippen MR) is 127 cm³/mol. The first kappa shape index (κ1) is 20.7. The van der Waals surface area contributed by atoms with Crippen LogP contribution in [0, 0.1) is 16.6 Å². The van der Waals surface area contributed by atoms with Crippen LogP contribution in [0.4, 0.5) is 4.39 Å². The van der Waals surface area contributed by atoms with E-state index < -0.39 is 0 Å². The Bertz CT molecular complexity index is 1310. The number of hydrogen-bond acceptors (Lipinski definition) is 2. The number of primary amides is 1. The number of hydrogen-bond donors (Lipinski definition) is 1. The third kappa shape index (κ3) is 3.17. The van der Waals surface area contributed by atoms with Crippen molar-refractivity contribution in [3.8, 4) is 5.69 Å². The summed E-state index contributed by atoms with van der Waals surface area (Å²) in [7, 11) is 0. The summed E-state index contributed by atoms with van der Waals surface area (Å²) in [5.74, 6) is -0.594. The van der Waals surface area contributed by atoms with Gasteiger partial charge in [0.2, 0.25) is 5.91 Å². The molecule has 3 aliphatic rings. The summed E-state index contributed by atoms with van der Waals surface area (Å²) < 4.78 is 15.3. The topological polar surface area (TPSA) is 60.9 Å². The molecule has 168 valence electrons. The van der Waals surface area contributed by atoms with Crippen molar-refractivity contribution in [2.24, 2.45) is 16.6 Å². The molecule has 6 rings (SSSR count). The number of amides is 1. The van der Waals surface area contributed by atoms with Gasteiger partial charge in [0.25, 0.3) is 0 Å². The standard InChI is InChI=1S/C27H25ClFN3O/c28-23-3-1-2-17(22(23)13-25(30)33)8-10-26-11-9-19-12-24-18(14-27(19,26)16-26)15-31-32(24)21-6-4-20(29)5-7-21/h1-7,12,15H,8-11,13-14,16H2,(H2,30,33)/t26-,27?/m1/s1. The highest BCUT2D eigenvalue weighted by Gasteiger charge is 2.71. The lowest BCUT2D eigenvalue weighted by Crippen LogP contribution is -2.18. The molecule has 33 heavy (non-hydrogen) atoms. The van der Waals surface area contributed by atoms with Gasteiger partial charge in [-0.1, -0.05) is 29.3 Å². The molecule has 1 unspecified atom stereocenters. The van der Waals surface area contributed by atoms with Crippen LogP contribution in [-0.2, 0) is 24.1 Å². The molecular formula is C27H25ClFN3O. The zero-order valence-corrected chi connectivity index (χ0v) is 19.0. The third-order valence-electron chi connectivity index (χ3n) is 8.22. The first-order valence-electron chi connectivity index (χ1n) is 11.5. The largest absolute Gasteiger partial charge is 0.369 e. The molecule has 2 aromatic carbocycles. The Morgan fingerprint density at radius 1 is 1.21 bits per heavy atom. The van der Waals surface area contributed by atoms with Gasteiger partial charge in [0, 0.05) is 10.4 Å². The second-order valence-electron chi connectivity index (χ2n) is 9.85. The highest BCUT2D eigenvalue weighted by molar-refractivity contribution is 6.31. The summed E-state index contributed by atoms with van der Waals surface area (Å²) >= 11 is 6.39. The van der Waals surface area contributed by atoms with Gasteiger partial charge < -0.3 is 5.73 Å². The monoisotopic (exact) mass is 461 g/mol. The Hall–Kier alpha value is -2.92. The number of nitrogens with two attached hydrogens (primary N) is 1. The maximum Gasteiger partial charge on any atom is 0.221 e. The van der Waals surface area contributed by atoms with E-state index in [-0.39, 0.29) is 23.6 Å². The van der Waals surface area contributed by atoms with Crippen molar-refractivity contribution in [3.05, 3.63) is 87.5 Å². The molecule has 0 bridgehead atoms. The zero-order chi connectivity index (χ0) is 22.8. The van der Waals surface area contributed by atoms with Crippen molar-refractivity contribution in [2.45, 2.75) is 44.9 Å². The molecule has 3 aromatic rings. The van der Waals surface area contributed by atoms with Gasteiger partial charge in [-0.2, -0.15) is 5.10 Å². The molecule has 1 heterocycles. The number of halogens is 2. The van der Waals surface area contributed by atoms with Crippen LogP contribution in [0.3, 0.4) is 0 Å². The third-order valence-corrected chi connectivity index (χ3v) is 8.57. The number of benzene rings is 2. The van der Waals surface area contributed by atoms with Crippen molar-refractivity contribution >= 4 is 23.6 Å². The normalized spacial score (nSPS) is 24.6. The second kappa shape index (κ2) is 7.29. The Kier molecular flexibility index (Phi) is 4.57. The smallest absolute Gasteiger partial charge is 0.221 e. The number of carbonyl (C=O) groups excluding carboxylic acids is 1. The van der Waals surface area contributed by atoms with Gasteiger partial charge in [-0.25, -0.2) is 9.07 Å². The molecule has 1 amide bonds. The summed E-state index contributed by atoms with van der Waals surface area (Å²) in [5, 5.41) is 5.25. The van der Waals surface area contributed by atoms with Crippen LogP contribution in [0.25, 0.3) is 11.8 Å². The van der Waals surface area contributed by atoms with Gasteiger partial charge in [-0.15, -0.1) is 0 Å². The molecule has 2 saturated carbocycles. The highest BCUT2D eigenvalue weighted by atomic mass is 35.5. The molecule has 0 radical (unpaired) electrons. The fraction of sp³-hybridized carbons (Fsp3) is 0.333. The Labute approximate surface area is 197 Å². The molecule has 4 nitrogen and oxygen atoms in total. The van der Waals surface area contributed by atoms with Crippen LogP contribution in [0.5, 0.6) is 0 Å². The van der Waals surface area contributed by atoms with Gasteiger partial charge in [0.1, 0.15) is 5.82 Å². The van der Waals surface area contributed by atoms with E-state index in [1.165, 1.54) is 36.1 Å². The van der Waals surface area contributed by atoms with Crippen molar-refractivity contribution in [2.75, 3.05) is 0 Å². The molecule has 3 aliphatic carbocycles. The Balaban J connectivity index is 1.26. The minimum absolute atomic E-state index is 0.185. The summed E-state index contributed by atoms with van der Waals surface area (Å²) in [6.45, 7) is 0. The minimum Gasteiger partial charge on any atom is -0.369 e. The quantitative estimate of drug-likeness (QED) is 0.531. The SMILES string of the molecule is NC(=O)Cc1c(Cl)cccc1CC[C@]12CCC3=Cc4c(cnn4-c4ccc(F)cc4)CC31C2. The number of aryl methyl sites for hydroxylation is 1. The number of allylic oxidation sites excluding steroid dienone is 1. The van der Waals surface area contributed by atoms with Crippen LogP contribution in [-0.4, -0.2) is 15.7 Å². The Morgan fingerprint density at radius 3 is 2.82 bits per heavy atom. The van der Waals surface area contributed by atoms with E-state index in [1.54, 1.807) is 12.1 Å². The van der Waals surface area contributed by atoms with Crippen molar-refractivity contribution in [1.29, 1.82) is 0 Å². The van der Waals surface area contributed by atoms with Gasteiger partial charge in [0.15, 0.2) is 0 Å². The fourth-order valence-electron chi connectivity index (χ4n) is 6.50. The van der Waals surface area contributed by atoms with E-state index in [4.69, 9.17) is 17.3 Å². The first-order valence-corrected chi connectivity index (χ1v) is 11.9. The van der Waals surface area contributed by atoms with E-state index >= 15 is 0 Å². The zero-order valence-electron chi connectivity index (χ0n) is 18.3. The highest BCUT2D eigenvalue weighted by Crippen LogP contribution is 2.79. The number of aromatic nitrogens is 2. The maximum absolute atomic E-state index is 13.4. The predicted octanol–water partition coefficient (Wildman–Crippen LogP) is 5.44. The van der Waals surface area contributed by atoms with Crippen molar-refractivity contribution in [3.63, 3.8) is 0 Å². The average molecular weight is 462 g/mol. The molecule has 2 atom stereocenters. The van der Waals surface area contributed by atoms with Crippen LogP contribution >= 0.6 is 11.6 Å². The number of carbonyl (C=O) groups is 1. The molecule has 0 aliphatic heterocycles. The van der Waals surface area contributed by atoms with E-state index in [2.05, 4.69) is 17.2 Å². The molecule has 2 N–H and O–H groups in total. The van der Waals surface area contributed by atoms with Gasteiger partial charge in [-0.3, -0.25) is 4.79 Å². The molecule has 1 aromatic heterocycles. The number of rotatable bonds is 6. The maximum atomic E-state index is 13.4. The lowest BCUT2D eigenvalue weighted by Gasteiger charge is -2.24. The first-order chi connectivity index (χ1) is 15.9. The van der Waals surface area contributed by atoms with Crippen LogP contribution in [0.15, 0.2) is 54.2 Å². The van der Waals surface area contributed by atoms with Crippen molar-refractivity contribution in [1.82, 2.24) is 9.78 Å². The lowest BCUT2D eigenvalue weighted by atomic mass is 9.80. The number of nitrogens with zero attached hydrogens (tertiary/aromatic N) is 2. The van der Waals surface area contributed by atoms with Crippen LogP contribution in [0.1, 0.15) is 48.1 Å². The summed E-state index contributed by atoms with van der Waals surface area (Å²) in [5.41, 5.74) is 12.8. The summed E-state index contributed by atoms with van der Waals surface area (Å²) in [6, 6.07) is 12.4.